The van der Waals surface area contributed by atoms with Crippen LogP contribution < -0.4 is 5.32 Å². The predicted molar refractivity (Wildman–Crippen MR) is 61.5 cm³/mol. The maximum Gasteiger partial charge on any atom is 0.101 e. The van der Waals surface area contributed by atoms with Crippen molar-refractivity contribution in [2.75, 3.05) is 6.54 Å². The Bertz CT molecular complexity index is 282. The molecule has 1 atom stereocenters. The maximum absolute atomic E-state index is 4.52. The lowest BCUT2D eigenvalue weighted by Crippen LogP contribution is -2.27. The van der Waals surface area contributed by atoms with Crippen molar-refractivity contribution >= 4 is 22.6 Å². The van der Waals surface area contributed by atoms with Crippen LogP contribution in [0.2, 0.25) is 0 Å². The Hall–Kier alpha value is -0.160. The predicted octanol–water partition coefficient (Wildman–Crippen LogP) is 2.50. The molecule has 2 heterocycles. The molecule has 1 N–H and O–H groups in total. The summed E-state index contributed by atoms with van der Waals surface area (Å²) in [5.41, 5.74) is 1.20. The molecule has 2 nitrogen and oxygen atoms in total. The first-order valence-electron chi connectivity index (χ1n) is 4.72. The van der Waals surface area contributed by atoms with Crippen molar-refractivity contribution in [3.8, 4) is 0 Å². The second-order valence-electron chi connectivity index (χ2n) is 3.39. The molecule has 1 aliphatic rings. The Morgan fingerprint density at radius 3 is 3.00 bits per heavy atom. The Morgan fingerprint density at radius 1 is 1.38 bits per heavy atom. The van der Waals surface area contributed by atoms with Crippen molar-refractivity contribution in [3.63, 3.8) is 0 Å². The van der Waals surface area contributed by atoms with Crippen molar-refractivity contribution < 1.29 is 0 Å². The van der Waals surface area contributed by atoms with E-state index in [4.69, 9.17) is 0 Å². The number of nitrogens with one attached hydrogen (secondary N) is 1. The van der Waals surface area contributed by atoms with Crippen molar-refractivity contribution in [2.45, 2.75) is 25.3 Å². The summed E-state index contributed by atoms with van der Waals surface area (Å²) in [6, 6.07) is 6.72. The fourth-order valence-corrected chi connectivity index (χ4v) is 2.21. The molecule has 0 aromatic carbocycles. The van der Waals surface area contributed by atoms with Gasteiger partial charge in [0.05, 0.1) is 5.69 Å². The van der Waals surface area contributed by atoms with E-state index < -0.39 is 0 Å². The molecule has 0 bridgehead atoms. The van der Waals surface area contributed by atoms with Crippen molar-refractivity contribution in [1.29, 1.82) is 0 Å². The molecule has 0 spiro atoms. The number of hydrogen-bond donors (Lipinski definition) is 1. The molecule has 1 aromatic heterocycles. The third-order valence-corrected chi connectivity index (χ3v) is 3.00. The molecular weight excluding hydrogens is 275 g/mol. The number of rotatable bonds is 1. The first-order chi connectivity index (χ1) is 6.36. The summed E-state index contributed by atoms with van der Waals surface area (Å²) in [4.78, 5) is 4.52. The van der Waals surface area contributed by atoms with E-state index >= 15 is 0 Å². The molecule has 1 fully saturated rings. The highest BCUT2D eigenvalue weighted by atomic mass is 127. The molecule has 70 valence electrons. The van der Waals surface area contributed by atoms with E-state index in [-0.39, 0.29) is 0 Å². The van der Waals surface area contributed by atoms with Gasteiger partial charge in [-0.2, -0.15) is 0 Å². The Morgan fingerprint density at radius 2 is 2.31 bits per heavy atom. The molecule has 1 aromatic rings. The molecule has 0 radical (unpaired) electrons. The summed E-state index contributed by atoms with van der Waals surface area (Å²) in [5, 5.41) is 3.50. The second-order valence-corrected chi connectivity index (χ2v) is 4.49. The van der Waals surface area contributed by atoms with E-state index in [2.05, 4.69) is 45.0 Å². The highest BCUT2D eigenvalue weighted by molar-refractivity contribution is 14.1. The zero-order valence-electron chi connectivity index (χ0n) is 7.46. The van der Waals surface area contributed by atoms with Crippen LogP contribution >= 0.6 is 22.6 Å². The van der Waals surface area contributed by atoms with E-state index in [0.717, 1.165) is 10.2 Å². The van der Waals surface area contributed by atoms with E-state index in [0.29, 0.717) is 6.04 Å². The standard InChI is InChI=1S/C10H13IN2/c11-10-6-3-5-9(13-10)8-4-1-2-7-12-8/h3,5-6,8,12H,1-2,4,7H2. The molecule has 1 unspecified atom stereocenters. The highest BCUT2D eigenvalue weighted by Crippen LogP contribution is 2.21. The molecule has 1 saturated heterocycles. The minimum Gasteiger partial charge on any atom is -0.309 e. The SMILES string of the molecule is Ic1cccc(C2CCCCN2)n1. The van der Waals surface area contributed by atoms with Gasteiger partial charge in [0.15, 0.2) is 0 Å². The minimum atomic E-state index is 0.489. The highest BCUT2D eigenvalue weighted by Gasteiger charge is 2.15. The second kappa shape index (κ2) is 4.37. The van der Waals surface area contributed by atoms with Gasteiger partial charge in [-0.25, -0.2) is 4.98 Å². The van der Waals surface area contributed by atoms with Crippen LogP contribution in [-0.4, -0.2) is 11.5 Å². The molecule has 0 aliphatic carbocycles. The third kappa shape index (κ3) is 2.40. The van der Waals surface area contributed by atoms with Gasteiger partial charge in [0, 0.05) is 6.04 Å². The lowest BCUT2D eigenvalue weighted by Gasteiger charge is -2.22. The summed E-state index contributed by atoms with van der Waals surface area (Å²) in [6.45, 7) is 1.14. The van der Waals surface area contributed by atoms with Gasteiger partial charge in [0.2, 0.25) is 0 Å². The van der Waals surface area contributed by atoms with Crippen LogP contribution in [-0.2, 0) is 0 Å². The normalized spacial score (nSPS) is 23.0. The van der Waals surface area contributed by atoms with Crippen LogP contribution in [0.25, 0.3) is 0 Å². The van der Waals surface area contributed by atoms with Crippen LogP contribution in [0.3, 0.4) is 0 Å². The summed E-state index contributed by atoms with van der Waals surface area (Å²) < 4.78 is 1.09. The van der Waals surface area contributed by atoms with E-state index in [1.165, 1.54) is 25.0 Å². The van der Waals surface area contributed by atoms with Crippen LogP contribution in [0, 0.1) is 3.70 Å². The first-order valence-corrected chi connectivity index (χ1v) is 5.80. The average Bonchev–Trinajstić information content (AvgIpc) is 2.19. The Kier molecular flexibility index (Phi) is 3.16. The Labute approximate surface area is 92.3 Å². The van der Waals surface area contributed by atoms with Gasteiger partial charge >= 0.3 is 0 Å². The number of halogens is 1. The van der Waals surface area contributed by atoms with Crippen molar-refractivity contribution in [1.82, 2.24) is 10.3 Å². The summed E-state index contributed by atoms with van der Waals surface area (Å²) in [7, 11) is 0. The molecule has 0 saturated carbocycles. The number of aromatic nitrogens is 1. The molecule has 0 amide bonds. The van der Waals surface area contributed by atoms with Crippen LogP contribution in [0.4, 0.5) is 0 Å². The third-order valence-electron chi connectivity index (χ3n) is 2.40. The fraction of sp³-hybridized carbons (Fsp3) is 0.500. The number of hydrogen-bond acceptors (Lipinski definition) is 2. The van der Waals surface area contributed by atoms with Gasteiger partial charge in [0.25, 0.3) is 0 Å². The zero-order valence-corrected chi connectivity index (χ0v) is 9.62. The van der Waals surface area contributed by atoms with Gasteiger partial charge in [-0.3, -0.25) is 0 Å². The summed E-state index contributed by atoms with van der Waals surface area (Å²) in [6.07, 6.45) is 3.86. The minimum absolute atomic E-state index is 0.489. The summed E-state index contributed by atoms with van der Waals surface area (Å²) in [5.74, 6) is 0. The largest absolute Gasteiger partial charge is 0.309 e. The van der Waals surface area contributed by atoms with E-state index in [1.807, 2.05) is 6.07 Å². The van der Waals surface area contributed by atoms with Gasteiger partial charge in [0.1, 0.15) is 3.70 Å². The van der Waals surface area contributed by atoms with Gasteiger partial charge in [-0.05, 0) is 54.1 Å². The van der Waals surface area contributed by atoms with Crippen LogP contribution in [0.15, 0.2) is 18.2 Å². The monoisotopic (exact) mass is 288 g/mol. The van der Waals surface area contributed by atoms with Gasteiger partial charge in [-0.1, -0.05) is 12.5 Å². The van der Waals surface area contributed by atoms with E-state index in [1.54, 1.807) is 0 Å². The number of pyridine rings is 1. The molecule has 3 heteroatoms. The van der Waals surface area contributed by atoms with Crippen molar-refractivity contribution in [3.05, 3.63) is 27.6 Å². The maximum atomic E-state index is 4.52. The van der Waals surface area contributed by atoms with Crippen molar-refractivity contribution in [2.24, 2.45) is 0 Å². The Balaban J connectivity index is 2.14. The smallest absolute Gasteiger partial charge is 0.101 e. The zero-order chi connectivity index (χ0) is 9.10. The number of nitrogens with zero attached hydrogens (tertiary/aromatic N) is 1. The molecule has 13 heavy (non-hydrogen) atoms. The molecule has 2 rings (SSSR count). The lowest BCUT2D eigenvalue weighted by atomic mass is 10.0. The fourth-order valence-electron chi connectivity index (χ4n) is 1.72. The van der Waals surface area contributed by atoms with Gasteiger partial charge < -0.3 is 5.32 Å². The first kappa shape index (κ1) is 9.40. The van der Waals surface area contributed by atoms with E-state index in [9.17, 15) is 0 Å². The quantitative estimate of drug-likeness (QED) is 0.634. The molecule has 1 aliphatic heterocycles. The van der Waals surface area contributed by atoms with Crippen LogP contribution in [0.1, 0.15) is 31.0 Å². The lowest BCUT2D eigenvalue weighted by molar-refractivity contribution is 0.405. The van der Waals surface area contributed by atoms with Crippen LogP contribution in [0.5, 0.6) is 0 Å². The topological polar surface area (TPSA) is 24.9 Å². The van der Waals surface area contributed by atoms with Gasteiger partial charge in [-0.15, -0.1) is 0 Å². The molecular formula is C10H13IN2. The number of piperidine rings is 1. The summed E-state index contributed by atoms with van der Waals surface area (Å²) >= 11 is 2.26. The average molecular weight is 288 g/mol.